The van der Waals surface area contributed by atoms with Gasteiger partial charge in [0.25, 0.3) is 0 Å². The lowest BCUT2D eigenvalue weighted by molar-refractivity contribution is -0.143. The van der Waals surface area contributed by atoms with Crippen molar-refractivity contribution in [2.75, 3.05) is 0 Å². The molecule has 1 unspecified atom stereocenters. The summed E-state index contributed by atoms with van der Waals surface area (Å²) in [6.45, 7) is 1.90. The summed E-state index contributed by atoms with van der Waals surface area (Å²) < 4.78 is 0. The van der Waals surface area contributed by atoms with E-state index < -0.39 is 23.8 Å². The molecule has 1 aromatic rings. The van der Waals surface area contributed by atoms with Crippen LogP contribution in [0.2, 0.25) is 0 Å². The molecule has 100 valence electrons. The molecule has 0 aliphatic carbocycles. The Bertz CT molecular complexity index is 503. The van der Waals surface area contributed by atoms with Crippen molar-refractivity contribution in [3.05, 3.63) is 24.0 Å². The highest BCUT2D eigenvalue weighted by Gasteiger charge is 2.39. The van der Waals surface area contributed by atoms with E-state index in [4.69, 9.17) is 0 Å². The van der Waals surface area contributed by atoms with Crippen LogP contribution in [-0.2, 0) is 16.1 Å². The molecule has 0 aromatic carbocycles. The van der Waals surface area contributed by atoms with Gasteiger partial charge in [0.1, 0.15) is 5.92 Å². The van der Waals surface area contributed by atoms with Crippen molar-refractivity contribution < 1.29 is 14.4 Å². The van der Waals surface area contributed by atoms with Crippen LogP contribution in [0.1, 0.15) is 25.5 Å². The monoisotopic (exact) mass is 262 g/mol. The van der Waals surface area contributed by atoms with E-state index in [1.807, 2.05) is 6.92 Å². The lowest BCUT2D eigenvalue weighted by Gasteiger charge is -2.29. The van der Waals surface area contributed by atoms with Gasteiger partial charge in [0.2, 0.25) is 11.8 Å². The van der Waals surface area contributed by atoms with Crippen molar-refractivity contribution >= 4 is 17.8 Å². The summed E-state index contributed by atoms with van der Waals surface area (Å²) in [4.78, 5) is 36.4. The molecule has 1 N–H and O–H groups in total. The minimum Gasteiger partial charge on any atom is -0.277 e. The Labute approximate surface area is 110 Å². The van der Waals surface area contributed by atoms with Crippen LogP contribution in [0.4, 0.5) is 4.79 Å². The van der Waals surface area contributed by atoms with E-state index in [0.717, 1.165) is 4.90 Å². The van der Waals surface area contributed by atoms with Gasteiger partial charge in [-0.15, -0.1) is 0 Å². The molecule has 19 heavy (non-hydrogen) atoms. The van der Waals surface area contributed by atoms with Gasteiger partial charge >= 0.3 is 6.03 Å². The molecule has 1 aliphatic heterocycles. The zero-order valence-electron chi connectivity index (χ0n) is 10.5. The maximum absolute atomic E-state index is 12.1. The Morgan fingerprint density at radius 2 is 2.16 bits per heavy atom. The number of urea groups is 1. The third-order valence-corrected chi connectivity index (χ3v) is 2.88. The molecule has 2 rings (SSSR count). The first kappa shape index (κ1) is 13.1. The number of carbonyl (C=O) groups excluding carboxylic acids is 3. The Balaban J connectivity index is 2.17. The van der Waals surface area contributed by atoms with Crippen LogP contribution in [-0.4, -0.2) is 32.9 Å². The van der Waals surface area contributed by atoms with Gasteiger partial charge in [-0.25, -0.2) is 4.79 Å². The van der Waals surface area contributed by atoms with Crippen LogP contribution in [0.3, 0.4) is 0 Å². The van der Waals surface area contributed by atoms with E-state index in [9.17, 15) is 14.4 Å². The molecule has 1 aliphatic rings. The highest BCUT2D eigenvalue weighted by atomic mass is 16.2. The van der Waals surface area contributed by atoms with E-state index in [1.165, 1.54) is 6.20 Å². The molecule has 0 spiro atoms. The van der Waals surface area contributed by atoms with Gasteiger partial charge in [-0.1, -0.05) is 13.3 Å². The predicted molar refractivity (Wildman–Crippen MR) is 64.5 cm³/mol. The number of hydrogen-bond donors (Lipinski definition) is 1. The molecule has 4 amide bonds. The number of rotatable bonds is 4. The maximum Gasteiger partial charge on any atom is 0.331 e. The minimum absolute atomic E-state index is 0.0198. The third kappa shape index (κ3) is 2.75. The van der Waals surface area contributed by atoms with Crippen LogP contribution >= 0.6 is 0 Å². The van der Waals surface area contributed by atoms with Crippen molar-refractivity contribution in [3.63, 3.8) is 0 Å². The summed E-state index contributed by atoms with van der Waals surface area (Å²) in [7, 11) is 0. The van der Waals surface area contributed by atoms with E-state index in [-0.39, 0.29) is 6.54 Å². The van der Waals surface area contributed by atoms with Crippen LogP contribution in [0, 0.1) is 5.92 Å². The van der Waals surface area contributed by atoms with Crippen molar-refractivity contribution in [1.82, 2.24) is 20.4 Å². The summed E-state index contributed by atoms with van der Waals surface area (Å²) in [6.07, 6.45) is 2.62. The zero-order valence-corrected chi connectivity index (χ0v) is 10.5. The smallest absolute Gasteiger partial charge is 0.277 e. The van der Waals surface area contributed by atoms with E-state index >= 15 is 0 Å². The quantitative estimate of drug-likeness (QED) is 0.796. The minimum atomic E-state index is -0.792. The van der Waals surface area contributed by atoms with E-state index in [2.05, 4.69) is 15.5 Å². The molecule has 1 saturated heterocycles. The Morgan fingerprint density at radius 1 is 1.37 bits per heavy atom. The van der Waals surface area contributed by atoms with Crippen LogP contribution in [0.25, 0.3) is 0 Å². The number of nitrogens with one attached hydrogen (secondary N) is 1. The van der Waals surface area contributed by atoms with E-state index in [1.54, 1.807) is 12.1 Å². The lowest BCUT2D eigenvalue weighted by atomic mass is 9.99. The Hall–Kier alpha value is -2.31. The molecule has 0 bridgehead atoms. The molecule has 0 saturated carbocycles. The molecular formula is C12H14N4O3. The Kier molecular flexibility index (Phi) is 3.84. The van der Waals surface area contributed by atoms with Gasteiger partial charge in [0, 0.05) is 6.20 Å². The van der Waals surface area contributed by atoms with Crippen LogP contribution < -0.4 is 5.32 Å². The van der Waals surface area contributed by atoms with Gasteiger partial charge in [0.15, 0.2) is 0 Å². The molecule has 7 nitrogen and oxygen atoms in total. The second-order valence-electron chi connectivity index (χ2n) is 4.28. The highest BCUT2D eigenvalue weighted by molar-refractivity contribution is 6.16. The summed E-state index contributed by atoms with van der Waals surface area (Å²) in [5.74, 6) is -1.78. The molecule has 1 aromatic heterocycles. The van der Waals surface area contributed by atoms with Gasteiger partial charge in [-0.3, -0.25) is 19.8 Å². The fourth-order valence-electron chi connectivity index (χ4n) is 1.93. The topological polar surface area (TPSA) is 92.3 Å². The number of nitrogens with zero attached hydrogens (tertiary/aromatic N) is 3. The van der Waals surface area contributed by atoms with Gasteiger partial charge in [-0.05, 0) is 18.6 Å². The zero-order chi connectivity index (χ0) is 13.8. The Morgan fingerprint density at radius 3 is 2.79 bits per heavy atom. The maximum atomic E-state index is 12.1. The molecule has 2 heterocycles. The first-order chi connectivity index (χ1) is 9.13. The standard InChI is InChI=1S/C12H14N4O3/c1-2-4-9-10(17)14-12(19)16(11(9)18)7-8-5-3-6-13-15-8/h3,5-6,9H,2,4,7H2,1H3,(H,14,17,19). The summed E-state index contributed by atoms with van der Waals surface area (Å²) >= 11 is 0. The molecular weight excluding hydrogens is 248 g/mol. The number of carbonyl (C=O) groups is 3. The van der Waals surface area contributed by atoms with Gasteiger partial charge in [-0.2, -0.15) is 10.2 Å². The predicted octanol–water partition coefficient (Wildman–Crippen LogP) is 0.471. The fraction of sp³-hybridized carbons (Fsp3) is 0.417. The molecule has 0 radical (unpaired) electrons. The van der Waals surface area contributed by atoms with Gasteiger partial charge in [0.05, 0.1) is 12.2 Å². The average molecular weight is 262 g/mol. The fourth-order valence-corrected chi connectivity index (χ4v) is 1.93. The summed E-state index contributed by atoms with van der Waals surface area (Å²) in [5, 5.41) is 9.70. The van der Waals surface area contributed by atoms with Crippen LogP contribution in [0.5, 0.6) is 0 Å². The van der Waals surface area contributed by atoms with Crippen LogP contribution in [0.15, 0.2) is 18.3 Å². The number of aromatic nitrogens is 2. The molecule has 1 atom stereocenters. The highest BCUT2D eigenvalue weighted by Crippen LogP contribution is 2.17. The van der Waals surface area contributed by atoms with Crippen molar-refractivity contribution in [2.24, 2.45) is 5.92 Å². The second kappa shape index (κ2) is 5.55. The number of barbiturate groups is 1. The van der Waals surface area contributed by atoms with Crippen molar-refractivity contribution in [1.29, 1.82) is 0 Å². The SMILES string of the molecule is CCCC1C(=O)NC(=O)N(Cc2cccnn2)C1=O. The van der Waals surface area contributed by atoms with Crippen molar-refractivity contribution in [2.45, 2.75) is 26.3 Å². The number of imide groups is 2. The van der Waals surface area contributed by atoms with Crippen molar-refractivity contribution in [3.8, 4) is 0 Å². The molecule has 7 heteroatoms. The number of amides is 4. The summed E-state index contributed by atoms with van der Waals surface area (Å²) in [5.41, 5.74) is 0.496. The van der Waals surface area contributed by atoms with Gasteiger partial charge < -0.3 is 0 Å². The largest absolute Gasteiger partial charge is 0.331 e. The number of hydrogen-bond acceptors (Lipinski definition) is 5. The van der Waals surface area contributed by atoms with E-state index in [0.29, 0.717) is 18.5 Å². The third-order valence-electron chi connectivity index (χ3n) is 2.88. The summed E-state index contributed by atoms with van der Waals surface area (Å²) in [6, 6.07) is 2.63. The lowest BCUT2D eigenvalue weighted by Crippen LogP contribution is -2.57. The first-order valence-electron chi connectivity index (χ1n) is 6.06. The second-order valence-corrected chi connectivity index (χ2v) is 4.28. The normalized spacial score (nSPS) is 19.5. The first-order valence-corrected chi connectivity index (χ1v) is 6.06. The average Bonchev–Trinajstić information content (AvgIpc) is 2.41. The molecule has 1 fully saturated rings.